The summed E-state index contributed by atoms with van der Waals surface area (Å²) in [4.78, 5) is 24.3. The highest BCUT2D eigenvalue weighted by Gasteiger charge is 2.28. The van der Waals surface area contributed by atoms with Gasteiger partial charge in [-0.1, -0.05) is 11.2 Å². The zero-order valence-corrected chi connectivity index (χ0v) is 18.8. The van der Waals surface area contributed by atoms with E-state index in [1.165, 1.54) is 18.2 Å². The molecule has 1 aliphatic rings. The first-order chi connectivity index (χ1) is 16.8. The Hall–Kier alpha value is -3.89. The lowest BCUT2D eigenvalue weighted by Crippen LogP contribution is -2.23. The largest absolute Gasteiger partial charge is 0.466 e. The van der Waals surface area contributed by atoms with Crippen LogP contribution in [0.5, 0.6) is 0 Å². The summed E-state index contributed by atoms with van der Waals surface area (Å²) in [6.07, 6.45) is 2.85. The van der Waals surface area contributed by atoms with E-state index < -0.39 is 29.2 Å². The second kappa shape index (κ2) is 10.6. The predicted octanol–water partition coefficient (Wildman–Crippen LogP) is 5.32. The molecule has 3 aromatic rings. The van der Waals surface area contributed by atoms with Crippen molar-refractivity contribution in [3.63, 3.8) is 0 Å². The molecule has 0 radical (unpaired) electrons. The van der Waals surface area contributed by atoms with Gasteiger partial charge in [-0.25, -0.2) is 13.2 Å². The number of hydrogen-bond acceptors (Lipinski definition) is 7. The van der Waals surface area contributed by atoms with Gasteiger partial charge in [0.15, 0.2) is 11.6 Å². The average Bonchev–Trinajstić information content (AvgIpc) is 3.31. The lowest BCUT2D eigenvalue weighted by Gasteiger charge is -2.27. The van der Waals surface area contributed by atoms with Gasteiger partial charge in [0.25, 0.3) is 0 Å². The van der Waals surface area contributed by atoms with Gasteiger partial charge in [0.2, 0.25) is 0 Å². The number of amides is 1. The molecule has 1 aromatic heterocycles. The molecule has 0 saturated heterocycles. The molecule has 2 aromatic carbocycles. The Bertz CT molecular complexity index is 1230. The molecule has 0 atom stereocenters. The molecule has 1 amide bonds. The van der Waals surface area contributed by atoms with Crippen LogP contribution in [0.2, 0.25) is 0 Å². The molecule has 0 spiro atoms. The highest BCUT2D eigenvalue weighted by atomic mass is 19.2. The number of halogens is 3. The van der Waals surface area contributed by atoms with Crippen LogP contribution in [0, 0.1) is 23.4 Å². The van der Waals surface area contributed by atoms with Crippen molar-refractivity contribution in [3.05, 3.63) is 65.3 Å². The summed E-state index contributed by atoms with van der Waals surface area (Å²) in [5.74, 6) is -4.18. The third-order valence-electron chi connectivity index (χ3n) is 5.85. The standard InChI is InChI=1S/C24H23F3N4O4/c1-2-34-23(33)14-5-3-13(4-6-14)15-7-10-20(19(27)11-15)29-21(32)22-30-31-24(35-22)28-16-8-9-17(25)18(26)12-16/h7-14H,2-6H2,1H3,(H,28,31)(H,29,32)/t13-,14+. The smallest absolute Gasteiger partial charge is 0.320 e. The Balaban J connectivity index is 1.35. The summed E-state index contributed by atoms with van der Waals surface area (Å²) in [7, 11) is 0. The third-order valence-corrected chi connectivity index (χ3v) is 5.85. The third kappa shape index (κ3) is 5.79. The van der Waals surface area contributed by atoms with Crippen LogP contribution in [0.1, 0.15) is 54.8 Å². The Morgan fingerprint density at radius 1 is 1.00 bits per heavy atom. The number of nitrogens with one attached hydrogen (secondary N) is 2. The van der Waals surface area contributed by atoms with E-state index in [2.05, 4.69) is 20.8 Å². The minimum Gasteiger partial charge on any atom is -0.466 e. The van der Waals surface area contributed by atoms with Crippen molar-refractivity contribution in [2.45, 2.75) is 38.5 Å². The molecule has 0 unspecified atom stereocenters. The van der Waals surface area contributed by atoms with Gasteiger partial charge in [0.05, 0.1) is 18.2 Å². The summed E-state index contributed by atoms with van der Waals surface area (Å²) >= 11 is 0. The summed E-state index contributed by atoms with van der Waals surface area (Å²) in [6.45, 7) is 2.13. The van der Waals surface area contributed by atoms with Gasteiger partial charge in [-0.2, -0.15) is 0 Å². The first-order valence-electron chi connectivity index (χ1n) is 11.2. The van der Waals surface area contributed by atoms with Crippen molar-refractivity contribution < 1.29 is 31.9 Å². The van der Waals surface area contributed by atoms with Crippen molar-refractivity contribution in [3.8, 4) is 0 Å². The zero-order valence-electron chi connectivity index (χ0n) is 18.8. The van der Waals surface area contributed by atoms with E-state index in [1.54, 1.807) is 13.0 Å². The summed E-state index contributed by atoms with van der Waals surface area (Å²) < 4.78 is 51.3. The zero-order chi connectivity index (χ0) is 24.9. The molecule has 1 aliphatic carbocycles. The molecule has 1 fully saturated rings. The minimum atomic E-state index is -1.07. The first-order valence-corrected chi connectivity index (χ1v) is 11.2. The number of carbonyl (C=O) groups is 2. The molecule has 184 valence electrons. The van der Waals surface area contributed by atoms with Crippen LogP contribution in [0.25, 0.3) is 0 Å². The number of aromatic nitrogens is 2. The van der Waals surface area contributed by atoms with E-state index in [4.69, 9.17) is 9.15 Å². The molecule has 4 rings (SSSR count). The molecule has 0 bridgehead atoms. The highest BCUT2D eigenvalue weighted by molar-refractivity contribution is 6.01. The Morgan fingerprint density at radius 2 is 1.77 bits per heavy atom. The molecule has 8 nitrogen and oxygen atoms in total. The maximum atomic E-state index is 14.7. The number of hydrogen-bond donors (Lipinski definition) is 2. The van der Waals surface area contributed by atoms with Crippen LogP contribution in [-0.2, 0) is 9.53 Å². The van der Waals surface area contributed by atoms with Crippen LogP contribution in [0.3, 0.4) is 0 Å². The number of benzene rings is 2. The van der Waals surface area contributed by atoms with Crippen LogP contribution < -0.4 is 10.6 Å². The Labute approximate surface area is 198 Å². The first kappa shape index (κ1) is 24.2. The van der Waals surface area contributed by atoms with Gasteiger partial charge >= 0.3 is 23.8 Å². The number of rotatable bonds is 7. The van der Waals surface area contributed by atoms with E-state index in [-0.39, 0.29) is 35.2 Å². The SMILES string of the molecule is CCOC(=O)[C@H]1CC[C@@H](c2ccc(NC(=O)c3nnc(Nc4ccc(F)c(F)c4)o3)c(F)c2)CC1. The van der Waals surface area contributed by atoms with Crippen molar-refractivity contribution >= 4 is 29.3 Å². The fraction of sp³-hybridized carbons (Fsp3) is 0.333. The van der Waals surface area contributed by atoms with E-state index in [1.807, 2.05) is 0 Å². The average molecular weight is 488 g/mol. The van der Waals surface area contributed by atoms with Gasteiger partial charge in [-0.05, 0) is 68.4 Å². The van der Waals surface area contributed by atoms with Crippen molar-refractivity contribution in [2.75, 3.05) is 17.2 Å². The number of anilines is 3. The number of ether oxygens (including phenoxy) is 1. The van der Waals surface area contributed by atoms with Gasteiger partial charge in [0, 0.05) is 11.8 Å². The monoisotopic (exact) mass is 488 g/mol. The normalized spacial score (nSPS) is 17.6. The summed E-state index contributed by atoms with van der Waals surface area (Å²) in [6, 6.07) is 7.39. The molecular weight excluding hydrogens is 465 g/mol. The van der Waals surface area contributed by atoms with Gasteiger partial charge in [-0.15, -0.1) is 5.10 Å². The second-order valence-electron chi connectivity index (χ2n) is 8.16. The minimum absolute atomic E-state index is 0.0627. The molecule has 35 heavy (non-hydrogen) atoms. The Kier molecular flexibility index (Phi) is 7.33. The molecule has 1 saturated carbocycles. The van der Waals surface area contributed by atoms with Gasteiger partial charge in [0.1, 0.15) is 5.82 Å². The lowest BCUT2D eigenvalue weighted by atomic mass is 9.78. The molecular formula is C24H23F3N4O4. The predicted molar refractivity (Wildman–Crippen MR) is 120 cm³/mol. The lowest BCUT2D eigenvalue weighted by molar-refractivity contribution is -0.149. The van der Waals surface area contributed by atoms with E-state index in [0.29, 0.717) is 19.4 Å². The maximum absolute atomic E-state index is 14.7. The molecule has 11 heteroatoms. The maximum Gasteiger partial charge on any atom is 0.320 e. The van der Waals surface area contributed by atoms with E-state index >= 15 is 0 Å². The summed E-state index contributed by atoms with van der Waals surface area (Å²) in [5, 5.41) is 12.1. The van der Waals surface area contributed by atoms with Gasteiger partial charge in [-0.3, -0.25) is 9.59 Å². The van der Waals surface area contributed by atoms with Crippen LogP contribution in [-0.4, -0.2) is 28.7 Å². The highest BCUT2D eigenvalue weighted by Crippen LogP contribution is 2.37. The molecule has 2 N–H and O–H groups in total. The van der Waals surface area contributed by atoms with Crippen LogP contribution in [0.4, 0.5) is 30.6 Å². The fourth-order valence-electron chi connectivity index (χ4n) is 4.05. The molecule has 0 aliphatic heterocycles. The Morgan fingerprint density at radius 3 is 2.46 bits per heavy atom. The van der Waals surface area contributed by atoms with Crippen molar-refractivity contribution in [1.82, 2.24) is 10.2 Å². The number of carbonyl (C=O) groups excluding carboxylic acids is 2. The van der Waals surface area contributed by atoms with Crippen LogP contribution >= 0.6 is 0 Å². The van der Waals surface area contributed by atoms with E-state index in [9.17, 15) is 22.8 Å². The quantitative estimate of drug-likeness (QED) is 0.434. The van der Waals surface area contributed by atoms with E-state index in [0.717, 1.165) is 30.5 Å². The van der Waals surface area contributed by atoms with Crippen molar-refractivity contribution in [1.29, 1.82) is 0 Å². The number of esters is 1. The fourth-order valence-corrected chi connectivity index (χ4v) is 4.05. The number of nitrogens with zero attached hydrogens (tertiary/aromatic N) is 2. The van der Waals surface area contributed by atoms with Crippen LogP contribution in [0.15, 0.2) is 40.8 Å². The second-order valence-corrected chi connectivity index (χ2v) is 8.16. The topological polar surface area (TPSA) is 106 Å². The molecule has 1 heterocycles. The van der Waals surface area contributed by atoms with Crippen molar-refractivity contribution in [2.24, 2.45) is 5.92 Å². The van der Waals surface area contributed by atoms with Gasteiger partial charge < -0.3 is 19.8 Å². The summed E-state index contributed by atoms with van der Waals surface area (Å²) in [5.41, 5.74) is 0.864.